The van der Waals surface area contributed by atoms with Crippen LogP contribution in [0.5, 0.6) is 0 Å². The number of carboxylic acids is 1. The summed E-state index contributed by atoms with van der Waals surface area (Å²) >= 11 is 0. The standard InChI is InChI=1S/C5H10O4S/c1-9-4-10(8)3-2-5(6)7/h2-4H2,1H3,(H,6,7). The number of carbonyl (C=O) groups is 1. The molecule has 0 aliphatic carbocycles. The van der Waals surface area contributed by atoms with E-state index in [9.17, 15) is 9.00 Å². The molecular weight excluding hydrogens is 156 g/mol. The second kappa shape index (κ2) is 5.37. The molecule has 0 radical (unpaired) electrons. The predicted molar refractivity (Wildman–Crippen MR) is 37.1 cm³/mol. The Morgan fingerprint density at radius 3 is 2.70 bits per heavy atom. The van der Waals surface area contributed by atoms with Gasteiger partial charge in [-0.15, -0.1) is 0 Å². The van der Waals surface area contributed by atoms with Crippen molar-refractivity contribution >= 4 is 16.8 Å². The molecule has 60 valence electrons. The average molecular weight is 166 g/mol. The van der Waals surface area contributed by atoms with Gasteiger partial charge in [0.05, 0.1) is 6.42 Å². The van der Waals surface area contributed by atoms with Crippen molar-refractivity contribution in [3.05, 3.63) is 0 Å². The fourth-order valence-electron chi connectivity index (χ4n) is 0.392. The van der Waals surface area contributed by atoms with Gasteiger partial charge in [-0.3, -0.25) is 9.00 Å². The highest BCUT2D eigenvalue weighted by molar-refractivity contribution is 7.84. The van der Waals surface area contributed by atoms with Gasteiger partial charge < -0.3 is 9.84 Å². The van der Waals surface area contributed by atoms with Gasteiger partial charge in [0.2, 0.25) is 0 Å². The quantitative estimate of drug-likeness (QED) is 0.615. The summed E-state index contributed by atoms with van der Waals surface area (Å²) in [5.41, 5.74) is 0. The summed E-state index contributed by atoms with van der Waals surface area (Å²) in [7, 11) is 0.286. The first kappa shape index (κ1) is 9.58. The predicted octanol–water partition coefficient (Wildman–Crippen LogP) is -0.186. The molecule has 0 aliphatic heterocycles. The summed E-state index contributed by atoms with van der Waals surface area (Å²) in [5.74, 6) is -0.638. The molecule has 1 N–H and O–H groups in total. The number of hydrogen-bond acceptors (Lipinski definition) is 3. The third-order valence-electron chi connectivity index (χ3n) is 0.793. The minimum absolute atomic E-state index is 0.0596. The molecule has 0 amide bonds. The van der Waals surface area contributed by atoms with Crippen molar-refractivity contribution < 1.29 is 18.8 Å². The van der Waals surface area contributed by atoms with Gasteiger partial charge in [0.15, 0.2) is 0 Å². The second-order valence-electron chi connectivity index (χ2n) is 1.69. The zero-order valence-electron chi connectivity index (χ0n) is 5.70. The molecule has 4 nitrogen and oxygen atoms in total. The number of rotatable bonds is 5. The third kappa shape index (κ3) is 5.71. The number of carboxylic acid groups (broad SMARTS) is 1. The molecule has 0 fully saturated rings. The Hall–Kier alpha value is -0.420. The van der Waals surface area contributed by atoms with Crippen LogP contribution in [0.4, 0.5) is 0 Å². The van der Waals surface area contributed by atoms with Gasteiger partial charge in [-0.25, -0.2) is 0 Å². The highest BCUT2D eigenvalue weighted by Gasteiger charge is 2.01. The highest BCUT2D eigenvalue weighted by Crippen LogP contribution is 1.87. The molecule has 0 aliphatic rings. The Morgan fingerprint density at radius 1 is 1.70 bits per heavy atom. The van der Waals surface area contributed by atoms with E-state index in [-0.39, 0.29) is 18.1 Å². The van der Waals surface area contributed by atoms with Crippen LogP contribution >= 0.6 is 0 Å². The van der Waals surface area contributed by atoms with Crippen molar-refractivity contribution in [2.75, 3.05) is 18.8 Å². The minimum Gasteiger partial charge on any atom is -0.481 e. The minimum atomic E-state index is -1.14. The molecule has 0 bridgehead atoms. The number of ether oxygens (including phenoxy) is 1. The maximum Gasteiger partial charge on any atom is 0.304 e. The lowest BCUT2D eigenvalue weighted by Gasteiger charge is -1.96. The van der Waals surface area contributed by atoms with Crippen molar-refractivity contribution in [3.8, 4) is 0 Å². The molecular formula is C5H10O4S. The maximum atomic E-state index is 10.7. The zero-order valence-corrected chi connectivity index (χ0v) is 6.52. The lowest BCUT2D eigenvalue weighted by Crippen LogP contribution is -2.08. The van der Waals surface area contributed by atoms with E-state index in [4.69, 9.17) is 5.11 Å². The van der Waals surface area contributed by atoms with Gasteiger partial charge in [-0.2, -0.15) is 0 Å². The topological polar surface area (TPSA) is 63.6 Å². The van der Waals surface area contributed by atoms with Crippen LogP contribution in [0.25, 0.3) is 0 Å². The van der Waals surface area contributed by atoms with Gasteiger partial charge in [-0.05, 0) is 0 Å². The average Bonchev–Trinajstić information content (AvgIpc) is 1.85. The number of hydrogen-bond donors (Lipinski definition) is 1. The van der Waals surface area contributed by atoms with Crippen LogP contribution in [0, 0.1) is 0 Å². The third-order valence-corrected chi connectivity index (χ3v) is 1.95. The molecule has 1 unspecified atom stereocenters. The van der Waals surface area contributed by atoms with Crippen LogP contribution in [-0.4, -0.2) is 34.1 Å². The van der Waals surface area contributed by atoms with Crippen LogP contribution in [0.2, 0.25) is 0 Å². The lowest BCUT2D eigenvalue weighted by atomic mass is 10.5. The Labute approximate surface area is 61.6 Å². The fraction of sp³-hybridized carbons (Fsp3) is 0.800. The van der Waals surface area contributed by atoms with E-state index < -0.39 is 16.8 Å². The van der Waals surface area contributed by atoms with Gasteiger partial charge in [0.25, 0.3) is 0 Å². The summed E-state index contributed by atoms with van der Waals surface area (Å²) < 4.78 is 15.2. The van der Waals surface area contributed by atoms with Crippen molar-refractivity contribution in [3.63, 3.8) is 0 Å². The molecule has 5 heteroatoms. The molecule has 0 aromatic rings. The Balaban J connectivity index is 3.30. The van der Waals surface area contributed by atoms with Crippen molar-refractivity contribution in [2.24, 2.45) is 0 Å². The van der Waals surface area contributed by atoms with Crippen LogP contribution in [0.3, 0.4) is 0 Å². The van der Waals surface area contributed by atoms with E-state index in [1.807, 2.05) is 0 Å². The van der Waals surface area contributed by atoms with E-state index in [1.54, 1.807) is 0 Å². The number of methoxy groups -OCH3 is 1. The molecule has 0 heterocycles. The molecule has 1 atom stereocenters. The van der Waals surface area contributed by atoms with E-state index >= 15 is 0 Å². The van der Waals surface area contributed by atoms with Gasteiger partial charge in [-0.1, -0.05) is 0 Å². The lowest BCUT2D eigenvalue weighted by molar-refractivity contribution is -0.136. The summed E-state index contributed by atoms with van der Waals surface area (Å²) in [5, 5.41) is 8.16. The number of aliphatic carboxylic acids is 1. The zero-order chi connectivity index (χ0) is 7.98. The Kier molecular flexibility index (Phi) is 5.15. The summed E-state index contributed by atoms with van der Waals surface area (Å²) in [4.78, 5) is 9.93. The first-order chi connectivity index (χ1) is 4.66. The summed E-state index contributed by atoms with van der Waals surface area (Å²) in [6, 6.07) is 0. The Morgan fingerprint density at radius 2 is 2.30 bits per heavy atom. The Bertz CT molecular complexity index is 134. The van der Waals surface area contributed by atoms with E-state index in [0.29, 0.717) is 0 Å². The SMILES string of the molecule is COCS(=O)CCC(=O)O. The largest absolute Gasteiger partial charge is 0.481 e. The van der Waals surface area contributed by atoms with Crippen LogP contribution < -0.4 is 0 Å². The van der Waals surface area contributed by atoms with Crippen LogP contribution in [0.15, 0.2) is 0 Å². The van der Waals surface area contributed by atoms with Crippen LogP contribution in [-0.2, 0) is 20.3 Å². The molecule has 0 spiro atoms. The van der Waals surface area contributed by atoms with E-state index in [0.717, 1.165) is 0 Å². The smallest absolute Gasteiger partial charge is 0.304 e. The molecule has 0 aromatic heterocycles. The highest BCUT2D eigenvalue weighted by atomic mass is 32.2. The van der Waals surface area contributed by atoms with Crippen molar-refractivity contribution in [1.82, 2.24) is 0 Å². The maximum absolute atomic E-state index is 10.7. The summed E-state index contributed by atoms with van der Waals surface area (Å²) in [6.45, 7) is 0. The molecule has 0 saturated carbocycles. The molecule has 0 aromatic carbocycles. The molecule has 0 rings (SSSR count). The molecule has 10 heavy (non-hydrogen) atoms. The van der Waals surface area contributed by atoms with Crippen molar-refractivity contribution in [2.45, 2.75) is 6.42 Å². The molecule has 0 saturated heterocycles. The first-order valence-electron chi connectivity index (χ1n) is 2.72. The fourth-order valence-corrected chi connectivity index (χ4v) is 1.17. The van der Waals surface area contributed by atoms with E-state index in [2.05, 4.69) is 4.74 Å². The first-order valence-corrected chi connectivity index (χ1v) is 4.21. The second-order valence-corrected chi connectivity index (χ2v) is 3.22. The monoisotopic (exact) mass is 166 g/mol. The summed E-state index contributed by atoms with van der Waals surface area (Å²) in [6.07, 6.45) is -0.0596. The normalized spacial score (nSPS) is 12.9. The van der Waals surface area contributed by atoms with Gasteiger partial charge >= 0.3 is 5.97 Å². The van der Waals surface area contributed by atoms with E-state index in [1.165, 1.54) is 7.11 Å². The van der Waals surface area contributed by atoms with Crippen LogP contribution in [0.1, 0.15) is 6.42 Å². The van der Waals surface area contributed by atoms with Gasteiger partial charge in [0, 0.05) is 23.7 Å². The van der Waals surface area contributed by atoms with Gasteiger partial charge in [0.1, 0.15) is 5.94 Å². The van der Waals surface area contributed by atoms with Crippen molar-refractivity contribution in [1.29, 1.82) is 0 Å².